The maximum atomic E-state index is 8.66. The molecule has 0 aliphatic carbocycles. The topological polar surface area (TPSA) is 69.5 Å². The minimum atomic E-state index is -0.309. The number of ether oxygens (including phenoxy) is 4. The SMILES string of the molecule is C.CC(C)c1cccc(C(C)C)c1N=Cc1[c-]cc(OCCOCCO)cc1.CCCOCCOc1c[c-]c(/C=C/c2c(C(C)C)cccc2C(C)C)cc1.[Cl][Pd+].[Cl][Pd+].c1ccc(P(CCCP(c2ccccc2)c2ccccc2)c2ccccc2)cc1. The quantitative estimate of drug-likeness (QED) is 0.0132. The molecule has 0 amide bonds. The number of benzene rings is 8. The van der Waals surface area contributed by atoms with Crippen LogP contribution in [0, 0.1) is 12.1 Å². The van der Waals surface area contributed by atoms with Crippen molar-refractivity contribution in [2.45, 2.75) is 106 Å². The molecule has 0 saturated heterocycles. The van der Waals surface area contributed by atoms with Crippen molar-refractivity contribution in [1.82, 2.24) is 0 Å². The molecule has 0 radical (unpaired) electrons. The number of rotatable bonds is 28. The van der Waals surface area contributed by atoms with Crippen LogP contribution in [0.2, 0.25) is 0 Å². The van der Waals surface area contributed by atoms with Gasteiger partial charge >= 0.3 is 55.4 Å². The number of aliphatic hydroxyl groups is 1. The fourth-order valence-corrected chi connectivity index (χ4v) is 14.4. The molecule has 0 saturated carbocycles. The van der Waals surface area contributed by atoms with E-state index in [1.54, 1.807) is 0 Å². The minimum Gasteiger partial charge on any atom is -0.0622 e. The van der Waals surface area contributed by atoms with E-state index in [4.69, 9.17) is 29.0 Å². The number of para-hydroxylation sites is 1. The second kappa shape index (κ2) is 46.5. The zero-order chi connectivity index (χ0) is 63.0. The zero-order valence-electron chi connectivity index (χ0n) is 52.1. The standard InChI is InChI=1S/C27H26P2.C25H33O2.C23H30NO3.CH4.2ClH.2Pd/c1-5-14-24(15-6-1)28(25-16-7-2-8-17-25)22-13-23-29(26-18-9-3-10-19-26)27-20-11-4-12-21-27;1-6-16-26-17-18-27-22-13-10-21(11-14-22)12-15-25-23(19(2)3)8-7-9-24(25)20(4)5;1-17(2)21-6-5-7-22(18(3)4)23(21)24-16-19-8-10-20(11-9-19)27-15-14-26-13-12-25;;;;;/h1-12,14-21H,13,22-23H2;7-10,12-15,19-20H,6,16-18H2,1-5H3;5-8,10-11,16-18,25H,12-15H2,1-4H3;1H4;2*1H;;/q;2*-1;;;;2*+2/p-2/b;15-12+;;;;;;. The van der Waals surface area contributed by atoms with Gasteiger partial charge in [0.25, 0.3) is 0 Å². The first kappa shape index (κ1) is 77.7. The normalized spacial score (nSPS) is 11.0. The van der Waals surface area contributed by atoms with Crippen molar-refractivity contribution in [2.24, 2.45) is 4.99 Å². The summed E-state index contributed by atoms with van der Waals surface area (Å²) in [5.74, 6) is 3.41. The molecular formula is C76H93Cl2NO5P2Pd2. The van der Waals surface area contributed by atoms with E-state index in [9.17, 15) is 0 Å². The first-order chi connectivity index (χ1) is 42.5. The predicted octanol–water partition coefficient (Wildman–Crippen LogP) is 19.2. The monoisotopic (exact) mass is 1440 g/mol. The number of aliphatic hydroxyl groups excluding tert-OH is 1. The Hall–Kier alpha value is -4.59. The van der Waals surface area contributed by atoms with Gasteiger partial charge in [-0.25, -0.2) is 0 Å². The molecule has 0 fully saturated rings. The summed E-state index contributed by atoms with van der Waals surface area (Å²) in [6.07, 6.45) is 11.0. The van der Waals surface area contributed by atoms with Gasteiger partial charge < -0.3 is 29.0 Å². The van der Waals surface area contributed by atoms with Crippen LogP contribution in [0.25, 0.3) is 12.2 Å². The number of hydrogen-bond donors (Lipinski definition) is 1. The van der Waals surface area contributed by atoms with Crippen molar-refractivity contribution in [2.75, 3.05) is 58.6 Å². The summed E-state index contributed by atoms with van der Waals surface area (Å²) in [6.45, 7) is 23.1. The Morgan fingerprint density at radius 2 is 0.830 bits per heavy atom. The molecule has 0 atom stereocenters. The van der Waals surface area contributed by atoms with Gasteiger partial charge in [0.1, 0.15) is 0 Å². The smallest absolute Gasteiger partial charge is 0.0195 e. The van der Waals surface area contributed by atoms with Gasteiger partial charge in [-0.2, -0.15) is 5.56 Å². The molecule has 0 unspecified atom stereocenters. The summed E-state index contributed by atoms with van der Waals surface area (Å²) >= 11 is 4.44. The summed E-state index contributed by atoms with van der Waals surface area (Å²) in [5.41, 5.74) is 9.68. The third-order valence-electron chi connectivity index (χ3n) is 13.8. The predicted molar refractivity (Wildman–Crippen MR) is 377 cm³/mol. The van der Waals surface area contributed by atoms with Crippen LogP contribution >= 0.6 is 34.9 Å². The third kappa shape index (κ3) is 27.9. The zero-order valence-corrected chi connectivity index (χ0v) is 58.5. The Balaban J connectivity index is 0.000000334. The number of aliphatic imine (C=N–C) groups is 1. The van der Waals surface area contributed by atoms with Crippen LogP contribution in [0.4, 0.5) is 5.69 Å². The van der Waals surface area contributed by atoms with E-state index < -0.39 is 0 Å². The van der Waals surface area contributed by atoms with Crippen molar-refractivity contribution in [3.63, 3.8) is 0 Å². The van der Waals surface area contributed by atoms with Gasteiger partial charge in [0.15, 0.2) is 0 Å². The first-order valence-corrected chi connectivity index (χ1v) is 37.0. The summed E-state index contributed by atoms with van der Waals surface area (Å²) < 4.78 is 21.9. The van der Waals surface area contributed by atoms with Crippen LogP contribution in [0.15, 0.2) is 199 Å². The number of hydrogen-bond acceptors (Lipinski definition) is 6. The summed E-state index contributed by atoms with van der Waals surface area (Å²) in [5, 5.41) is 14.6. The Bertz CT molecular complexity index is 2760. The van der Waals surface area contributed by atoms with Gasteiger partial charge in [-0.05, 0) is 120 Å². The minimum absolute atomic E-state index is 0. The maximum Gasteiger partial charge on any atom is -0.0195 e. The molecule has 0 heterocycles. The van der Waals surface area contributed by atoms with Crippen LogP contribution in [0.3, 0.4) is 0 Å². The first-order valence-electron chi connectivity index (χ1n) is 30.0. The number of nitrogens with zero attached hydrogens (tertiary/aromatic N) is 1. The van der Waals surface area contributed by atoms with Crippen LogP contribution < -0.4 is 30.7 Å². The second-order valence-corrected chi connectivity index (χ2v) is 26.1. The Labute approximate surface area is 562 Å². The van der Waals surface area contributed by atoms with Gasteiger partial charge in [0.05, 0.1) is 45.3 Å². The van der Waals surface area contributed by atoms with Gasteiger partial charge in [-0.1, -0.05) is 234 Å². The Morgan fingerprint density at radius 3 is 1.18 bits per heavy atom. The van der Waals surface area contributed by atoms with E-state index in [2.05, 4.69) is 300 Å². The molecular weight excluding hydrogens is 1350 g/mol. The molecule has 476 valence electrons. The second-order valence-electron chi connectivity index (χ2n) is 21.4. The van der Waals surface area contributed by atoms with Crippen LogP contribution in [-0.2, 0) is 45.8 Å². The molecule has 0 spiro atoms. The van der Waals surface area contributed by atoms with Crippen molar-refractivity contribution < 1.29 is 60.4 Å². The molecule has 88 heavy (non-hydrogen) atoms. The van der Waals surface area contributed by atoms with Gasteiger partial charge in [-0.15, -0.1) is 60.2 Å². The van der Waals surface area contributed by atoms with Crippen molar-refractivity contribution in [3.05, 3.63) is 245 Å². The molecule has 1 N–H and O–H groups in total. The van der Waals surface area contributed by atoms with Crippen LogP contribution in [0.1, 0.15) is 145 Å². The van der Waals surface area contributed by atoms with Gasteiger partial charge in [0.2, 0.25) is 0 Å². The third-order valence-corrected chi connectivity index (χ3v) is 19.0. The molecule has 8 aromatic carbocycles. The average molecular weight is 1450 g/mol. The average Bonchev–Trinajstić information content (AvgIpc) is 3.76. The van der Waals surface area contributed by atoms with Crippen molar-refractivity contribution in [1.29, 1.82) is 0 Å². The molecule has 0 aliphatic heterocycles. The van der Waals surface area contributed by atoms with Crippen LogP contribution in [-0.4, -0.2) is 69.9 Å². The van der Waals surface area contributed by atoms with E-state index in [0.29, 0.717) is 56.7 Å². The molecule has 0 bridgehead atoms. The molecule has 6 nitrogen and oxygen atoms in total. The van der Waals surface area contributed by atoms with Crippen LogP contribution in [0.5, 0.6) is 11.5 Å². The van der Waals surface area contributed by atoms with E-state index in [1.165, 1.54) is 67.8 Å². The van der Waals surface area contributed by atoms with E-state index >= 15 is 0 Å². The van der Waals surface area contributed by atoms with Crippen molar-refractivity contribution >= 4 is 80.2 Å². The van der Waals surface area contributed by atoms with E-state index in [1.807, 2.05) is 42.6 Å². The van der Waals surface area contributed by atoms with E-state index in [0.717, 1.165) is 41.3 Å². The van der Waals surface area contributed by atoms with Crippen molar-refractivity contribution in [3.8, 4) is 11.5 Å². The molecule has 0 aliphatic rings. The Kier molecular flexibility index (Phi) is 41.0. The maximum absolute atomic E-state index is 8.66. The molecule has 8 aromatic rings. The van der Waals surface area contributed by atoms with Gasteiger partial charge in [-0.3, -0.25) is 0 Å². The Morgan fingerprint density at radius 1 is 0.455 bits per heavy atom. The molecule has 12 heteroatoms. The fraction of sp³-hybridized carbons (Fsp3) is 0.329. The molecule has 8 rings (SSSR count). The summed E-state index contributed by atoms with van der Waals surface area (Å²) in [4.78, 5) is 4.80. The number of halogens is 2. The fourth-order valence-electron chi connectivity index (χ4n) is 9.46. The summed E-state index contributed by atoms with van der Waals surface area (Å²) in [6, 6.07) is 75.5. The summed E-state index contributed by atoms with van der Waals surface area (Å²) in [7, 11) is 8.36. The molecule has 0 aromatic heterocycles. The largest absolute Gasteiger partial charge is 0.0622 e. The van der Waals surface area contributed by atoms with E-state index in [-0.39, 0.29) is 29.9 Å². The van der Waals surface area contributed by atoms with Gasteiger partial charge in [0, 0.05) is 18.1 Å².